The summed E-state index contributed by atoms with van der Waals surface area (Å²) in [4.78, 5) is 25.4. The molecule has 202 valence electrons. The van der Waals surface area contributed by atoms with E-state index in [9.17, 15) is 14.7 Å². The van der Waals surface area contributed by atoms with E-state index in [0.29, 0.717) is 58.5 Å². The molecule has 0 aromatic rings. The average Bonchev–Trinajstić information content (AvgIpc) is 2.82. The van der Waals surface area contributed by atoms with Crippen LogP contribution in [0.3, 0.4) is 0 Å². The minimum Gasteiger partial charge on any atom is -0.465 e. The Morgan fingerprint density at radius 2 is 1.26 bits per heavy atom. The third-order valence-electron chi connectivity index (χ3n) is 6.24. The van der Waals surface area contributed by atoms with Crippen LogP contribution < -0.4 is 22.1 Å². The van der Waals surface area contributed by atoms with Crippen molar-refractivity contribution in [3.8, 4) is 0 Å². The summed E-state index contributed by atoms with van der Waals surface area (Å²) in [6.07, 6.45) is 17.3. The molecule has 0 saturated heterocycles. The molecule has 8 nitrogen and oxygen atoms in total. The molecule has 0 fully saturated rings. The number of hydrogen-bond acceptors (Lipinski definition) is 5. The maximum absolute atomic E-state index is 12.7. The SMILES string of the molecule is CCCCCCCCCCCCCCNC(=O)C(CCCN(CCCN)C(=O)O)NCCCN. The van der Waals surface area contributed by atoms with Gasteiger partial charge in [-0.05, 0) is 51.7 Å². The predicted octanol–water partition coefficient (Wildman–Crippen LogP) is 4.22. The van der Waals surface area contributed by atoms with E-state index in [1.165, 1.54) is 69.1 Å². The van der Waals surface area contributed by atoms with Gasteiger partial charge >= 0.3 is 6.09 Å². The van der Waals surface area contributed by atoms with Crippen molar-refractivity contribution in [3.05, 3.63) is 0 Å². The van der Waals surface area contributed by atoms with Crippen molar-refractivity contribution in [2.24, 2.45) is 11.5 Å². The van der Waals surface area contributed by atoms with Crippen molar-refractivity contribution in [1.82, 2.24) is 15.5 Å². The minimum absolute atomic E-state index is 0.00364. The number of carboxylic acid groups (broad SMARTS) is 1. The van der Waals surface area contributed by atoms with Gasteiger partial charge in [-0.15, -0.1) is 0 Å². The number of hydrogen-bond donors (Lipinski definition) is 5. The van der Waals surface area contributed by atoms with Crippen molar-refractivity contribution in [3.63, 3.8) is 0 Å². The van der Waals surface area contributed by atoms with E-state index in [0.717, 1.165) is 19.3 Å². The van der Waals surface area contributed by atoms with Gasteiger partial charge in [0.1, 0.15) is 0 Å². The first-order chi connectivity index (χ1) is 16.6. The molecule has 0 aliphatic carbocycles. The van der Waals surface area contributed by atoms with Crippen molar-refractivity contribution >= 4 is 12.0 Å². The van der Waals surface area contributed by atoms with Crippen LogP contribution in [0.4, 0.5) is 4.79 Å². The van der Waals surface area contributed by atoms with Gasteiger partial charge in [-0.1, -0.05) is 77.6 Å². The molecule has 0 aliphatic rings. The highest BCUT2D eigenvalue weighted by atomic mass is 16.4. The van der Waals surface area contributed by atoms with Crippen LogP contribution in [-0.2, 0) is 4.79 Å². The maximum Gasteiger partial charge on any atom is 0.407 e. The van der Waals surface area contributed by atoms with Crippen molar-refractivity contribution in [2.75, 3.05) is 39.3 Å². The second kappa shape index (κ2) is 24.7. The minimum atomic E-state index is -0.933. The summed E-state index contributed by atoms with van der Waals surface area (Å²) in [7, 11) is 0. The van der Waals surface area contributed by atoms with Crippen LogP contribution in [0.15, 0.2) is 0 Å². The Bertz CT molecular complexity index is 479. The molecular weight excluding hydrogens is 430 g/mol. The van der Waals surface area contributed by atoms with Crippen molar-refractivity contribution < 1.29 is 14.7 Å². The van der Waals surface area contributed by atoms with Crippen LogP contribution >= 0.6 is 0 Å². The standard InChI is InChI=1S/C26H55N5O3/c1-2-3-4-5-6-7-8-9-10-11-12-13-20-30-25(32)24(29-21-15-18-27)17-14-22-31(26(33)34)23-16-19-28/h24,29H,2-23,27-28H2,1H3,(H,30,32)(H,33,34). The number of nitrogens with two attached hydrogens (primary N) is 2. The van der Waals surface area contributed by atoms with E-state index in [2.05, 4.69) is 17.6 Å². The molecule has 1 atom stereocenters. The second-order valence-corrected chi connectivity index (χ2v) is 9.38. The van der Waals surface area contributed by atoms with Gasteiger partial charge in [-0.25, -0.2) is 4.79 Å². The van der Waals surface area contributed by atoms with Crippen LogP contribution in [0.5, 0.6) is 0 Å². The second-order valence-electron chi connectivity index (χ2n) is 9.38. The Morgan fingerprint density at radius 1 is 0.735 bits per heavy atom. The lowest BCUT2D eigenvalue weighted by Crippen LogP contribution is -2.45. The normalized spacial score (nSPS) is 12.0. The Balaban J connectivity index is 4.01. The fourth-order valence-corrected chi connectivity index (χ4v) is 4.08. The molecule has 0 spiro atoms. The van der Waals surface area contributed by atoms with Crippen LogP contribution in [0, 0.1) is 0 Å². The van der Waals surface area contributed by atoms with Crippen LogP contribution in [0.25, 0.3) is 0 Å². The Kier molecular flexibility index (Phi) is 23.7. The van der Waals surface area contributed by atoms with Gasteiger partial charge < -0.3 is 32.1 Å². The summed E-state index contributed by atoms with van der Waals surface area (Å²) in [5, 5.41) is 15.7. The number of amides is 2. The Labute approximate surface area is 209 Å². The first-order valence-electron chi connectivity index (χ1n) is 14.0. The maximum atomic E-state index is 12.7. The Hall–Kier alpha value is -1.38. The van der Waals surface area contributed by atoms with Crippen LogP contribution in [-0.4, -0.2) is 67.3 Å². The highest BCUT2D eigenvalue weighted by Crippen LogP contribution is 2.11. The van der Waals surface area contributed by atoms with E-state index >= 15 is 0 Å². The fourth-order valence-electron chi connectivity index (χ4n) is 4.08. The third-order valence-corrected chi connectivity index (χ3v) is 6.24. The van der Waals surface area contributed by atoms with Crippen molar-refractivity contribution in [2.45, 2.75) is 116 Å². The van der Waals surface area contributed by atoms with E-state index in [4.69, 9.17) is 11.5 Å². The number of carbonyl (C=O) groups excluding carboxylic acids is 1. The molecular formula is C26H55N5O3. The zero-order valence-electron chi connectivity index (χ0n) is 22.0. The molecule has 0 aliphatic heterocycles. The van der Waals surface area contributed by atoms with Gasteiger partial charge in [0.25, 0.3) is 0 Å². The fraction of sp³-hybridized carbons (Fsp3) is 0.923. The van der Waals surface area contributed by atoms with Gasteiger partial charge in [0.2, 0.25) is 5.91 Å². The van der Waals surface area contributed by atoms with E-state index in [1.807, 2.05) is 0 Å². The van der Waals surface area contributed by atoms with Crippen molar-refractivity contribution in [1.29, 1.82) is 0 Å². The lowest BCUT2D eigenvalue weighted by atomic mass is 10.1. The summed E-state index contributed by atoms with van der Waals surface area (Å²) >= 11 is 0. The average molecular weight is 486 g/mol. The summed E-state index contributed by atoms with van der Waals surface area (Å²) in [6.45, 7) is 5.53. The number of rotatable bonds is 25. The first-order valence-corrected chi connectivity index (χ1v) is 14.0. The summed E-state index contributed by atoms with van der Waals surface area (Å²) in [6, 6.07) is -0.311. The molecule has 1 unspecified atom stereocenters. The van der Waals surface area contributed by atoms with E-state index in [-0.39, 0.29) is 11.9 Å². The lowest BCUT2D eigenvalue weighted by Gasteiger charge is -2.22. The molecule has 0 radical (unpaired) electrons. The number of nitrogens with zero attached hydrogens (tertiary/aromatic N) is 1. The molecule has 0 heterocycles. The molecule has 7 N–H and O–H groups in total. The van der Waals surface area contributed by atoms with E-state index < -0.39 is 6.09 Å². The molecule has 0 aromatic carbocycles. The first kappa shape index (κ1) is 32.6. The molecule has 0 rings (SSSR count). The largest absolute Gasteiger partial charge is 0.465 e. The highest BCUT2D eigenvalue weighted by molar-refractivity contribution is 5.81. The van der Waals surface area contributed by atoms with Gasteiger partial charge in [-0.2, -0.15) is 0 Å². The van der Waals surface area contributed by atoms with Gasteiger partial charge in [0.15, 0.2) is 0 Å². The van der Waals surface area contributed by atoms with E-state index in [1.54, 1.807) is 0 Å². The summed E-state index contributed by atoms with van der Waals surface area (Å²) in [5.74, 6) is 0.00364. The topological polar surface area (TPSA) is 134 Å². The van der Waals surface area contributed by atoms with Gasteiger partial charge in [0.05, 0.1) is 6.04 Å². The quantitative estimate of drug-likeness (QED) is 0.123. The van der Waals surface area contributed by atoms with Gasteiger partial charge in [-0.3, -0.25) is 4.79 Å². The number of carbonyl (C=O) groups is 2. The Morgan fingerprint density at radius 3 is 1.79 bits per heavy atom. The zero-order valence-corrected chi connectivity index (χ0v) is 22.0. The monoisotopic (exact) mass is 485 g/mol. The summed E-state index contributed by atoms with van der Waals surface area (Å²) in [5.41, 5.74) is 11.1. The predicted molar refractivity (Wildman–Crippen MR) is 142 cm³/mol. The molecule has 0 bridgehead atoms. The molecule has 0 aromatic heterocycles. The molecule has 34 heavy (non-hydrogen) atoms. The lowest BCUT2D eigenvalue weighted by molar-refractivity contribution is -0.123. The molecule has 0 saturated carbocycles. The third kappa shape index (κ3) is 20.0. The number of nitrogens with one attached hydrogen (secondary N) is 2. The van der Waals surface area contributed by atoms with Gasteiger partial charge in [0, 0.05) is 19.6 Å². The zero-order chi connectivity index (χ0) is 25.3. The summed E-state index contributed by atoms with van der Waals surface area (Å²) < 4.78 is 0. The van der Waals surface area contributed by atoms with Crippen LogP contribution in [0.1, 0.15) is 110 Å². The highest BCUT2D eigenvalue weighted by Gasteiger charge is 2.18. The smallest absolute Gasteiger partial charge is 0.407 e. The molecule has 2 amide bonds. The molecule has 8 heteroatoms. The number of unbranched alkanes of at least 4 members (excludes halogenated alkanes) is 11. The van der Waals surface area contributed by atoms with Crippen LogP contribution in [0.2, 0.25) is 0 Å².